The molecule has 0 aliphatic carbocycles. The average molecular weight is 238 g/mol. The number of aryl methyl sites for hydroxylation is 1. The lowest BCUT2D eigenvalue weighted by Crippen LogP contribution is -1.98. The van der Waals surface area contributed by atoms with Gasteiger partial charge in [0.1, 0.15) is 11.0 Å². The van der Waals surface area contributed by atoms with Gasteiger partial charge in [0, 0.05) is 17.9 Å². The van der Waals surface area contributed by atoms with Crippen LogP contribution in [0.1, 0.15) is 12.7 Å². The van der Waals surface area contributed by atoms with E-state index in [1.807, 2.05) is 6.92 Å². The molecule has 0 saturated carbocycles. The second-order valence-corrected chi connectivity index (χ2v) is 3.57. The first-order valence-electron chi connectivity index (χ1n) is 4.73. The minimum Gasteiger partial charge on any atom is -0.258 e. The Balaban J connectivity index is 2.85. The molecule has 6 heteroatoms. The van der Waals surface area contributed by atoms with Crippen molar-refractivity contribution in [2.24, 2.45) is 0 Å². The summed E-state index contributed by atoms with van der Waals surface area (Å²) >= 11 is 5.94. The van der Waals surface area contributed by atoms with Crippen molar-refractivity contribution in [3.63, 3.8) is 0 Å². The number of nitrogens with zero attached hydrogens (tertiary/aromatic N) is 3. The van der Waals surface area contributed by atoms with Gasteiger partial charge in [-0.2, -0.15) is 0 Å². The second-order valence-electron chi connectivity index (χ2n) is 3.21. The minimum absolute atomic E-state index is 0.0449. The fourth-order valence-corrected chi connectivity index (χ4v) is 1.70. The van der Waals surface area contributed by atoms with Gasteiger partial charge in [0.15, 0.2) is 5.52 Å². The lowest BCUT2D eigenvalue weighted by atomic mass is 10.2. The van der Waals surface area contributed by atoms with E-state index >= 15 is 0 Å². The standard InChI is InChI=1S/C10H8ClN3O2/c1-2-8-12-9-6(10(11)13-8)4-3-5-7(9)14(15)16/h3-5H,2H2,1H3. The van der Waals surface area contributed by atoms with Crippen LogP contribution in [0.4, 0.5) is 5.69 Å². The van der Waals surface area contributed by atoms with Gasteiger partial charge in [-0.25, -0.2) is 9.97 Å². The Morgan fingerprint density at radius 1 is 1.44 bits per heavy atom. The number of rotatable bonds is 2. The molecule has 1 aromatic heterocycles. The van der Waals surface area contributed by atoms with Gasteiger partial charge in [-0.3, -0.25) is 10.1 Å². The topological polar surface area (TPSA) is 68.9 Å². The van der Waals surface area contributed by atoms with Gasteiger partial charge in [-0.05, 0) is 6.07 Å². The summed E-state index contributed by atoms with van der Waals surface area (Å²) in [5.74, 6) is 0.506. The SMILES string of the molecule is CCc1nc(Cl)c2cccc([N+](=O)[O-])c2n1. The molecule has 0 bridgehead atoms. The zero-order valence-electron chi connectivity index (χ0n) is 8.48. The maximum Gasteiger partial charge on any atom is 0.295 e. The molecule has 0 unspecified atom stereocenters. The summed E-state index contributed by atoms with van der Waals surface area (Å²) < 4.78 is 0. The molecule has 0 aliphatic heterocycles. The Morgan fingerprint density at radius 3 is 2.81 bits per heavy atom. The number of hydrogen-bond donors (Lipinski definition) is 0. The molecule has 0 radical (unpaired) electrons. The number of hydrogen-bond acceptors (Lipinski definition) is 4. The van der Waals surface area contributed by atoms with Gasteiger partial charge in [-0.15, -0.1) is 0 Å². The van der Waals surface area contributed by atoms with Crippen molar-refractivity contribution < 1.29 is 4.92 Å². The van der Waals surface area contributed by atoms with Crippen LogP contribution in [0.25, 0.3) is 10.9 Å². The Morgan fingerprint density at radius 2 is 2.19 bits per heavy atom. The smallest absolute Gasteiger partial charge is 0.258 e. The molecule has 82 valence electrons. The Bertz CT molecular complexity index is 571. The second kappa shape index (κ2) is 4.02. The maximum absolute atomic E-state index is 10.8. The minimum atomic E-state index is -0.467. The molecule has 0 spiro atoms. The van der Waals surface area contributed by atoms with Crippen molar-refractivity contribution in [2.45, 2.75) is 13.3 Å². The van der Waals surface area contributed by atoms with Gasteiger partial charge in [0.05, 0.1) is 4.92 Å². The quantitative estimate of drug-likeness (QED) is 0.458. The summed E-state index contributed by atoms with van der Waals surface area (Å²) in [5.41, 5.74) is 0.251. The third kappa shape index (κ3) is 1.69. The number of nitro groups is 1. The zero-order chi connectivity index (χ0) is 11.7. The van der Waals surface area contributed by atoms with Crippen LogP contribution < -0.4 is 0 Å². The van der Waals surface area contributed by atoms with Crippen molar-refractivity contribution in [2.75, 3.05) is 0 Å². The third-order valence-corrected chi connectivity index (χ3v) is 2.51. The monoisotopic (exact) mass is 237 g/mol. The molecule has 16 heavy (non-hydrogen) atoms. The molecule has 1 aromatic carbocycles. The molecule has 0 aliphatic rings. The van der Waals surface area contributed by atoms with Crippen molar-refractivity contribution in [3.8, 4) is 0 Å². The van der Waals surface area contributed by atoms with E-state index in [2.05, 4.69) is 9.97 Å². The van der Waals surface area contributed by atoms with Gasteiger partial charge in [0.2, 0.25) is 0 Å². The first kappa shape index (κ1) is 10.8. The summed E-state index contributed by atoms with van der Waals surface area (Å²) in [4.78, 5) is 18.6. The van der Waals surface area contributed by atoms with Gasteiger partial charge >= 0.3 is 0 Å². The Kier molecular flexibility index (Phi) is 2.70. The summed E-state index contributed by atoms with van der Waals surface area (Å²) in [6.45, 7) is 1.87. The summed E-state index contributed by atoms with van der Waals surface area (Å²) in [6.07, 6.45) is 0.585. The lowest BCUT2D eigenvalue weighted by molar-refractivity contribution is -0.383. The molecule has 0 atom stereocenters. The number of fused-ring (bicyclic) bond motifs is 1. The molecule has 2 aromatic rings. The highest BCUT2D eigenvalue weighted by molar-refractivity contribution is 6.34. The molecular formula is C10H8ClN3O2. The number of halogens is 1. The highest BCUT2D eigenvalue weighted by atomic mass is 35.5. The molecule has 0 amide bonds. The van der Waals surface area contributed by atoms with E-state index in [1.165, 1.54) is 6.07 Å². The van der Waals surface area contributed by atoms with E-state index < -0.39 is 4.92 Å². The molecule has 5 nitrogen and oxygen atoms in total. The van der Waals surface area contributed by atoms with Crippen LogP contribution in [-0.4, -0.2) is 14.9 Å². The Hall–Kier alpha value is -1.75. The number of aromatic nitrogens is 2. The van der Waals surface area contributed by atoms with Gasteiger partial charge in [-0.1, -0.05) is 24.6 Å². The summed E-state index contributed by atoms with van der Waals surface area (Å²) in [7, 11) is 0. The number of benzene rings is 1. The highest BCUT2D eigenvalue weighted by Gasteiger charge is 2.15. The van der Waals surface area contributed by atoms with Gasteiger partial charge < -0.3 is 0 Å². The predicted molar refractivity (Wildman–Crippen MR) is 60.6 cm³/mol. The Labute approximate surface area is 96.2 Å². The van der Waals surface area contributed by atoms with Crippen molar-refractivity contribution in [1.82, 2.24) is 9.97 Å². The number of para-hydroxylation sites is 1. The van der Waals surface area contributed by atoms with Crippen molar-refractivity contribution in [3.05, 3.63) is 39.3 Å². The largest absolute Gasteiger partial charge is 0.295 e. The summed E-state index contributed by atoms with van der Waals surface area (Å²) in [6, 6.07) is 4.65. The van der Waals surface area contributed by atoms with Crippen LogP contribution in [0.2, 0.25) is 5.15 Å². The van der Waals surface area contributed by atoms with E-state index in [1.54, 1.807) is 12.1 Å². The first-order valence-corrected chi connectivity index (χ1v) is 5.10. The molecule has 0 saturated heterocycles. The fraction of sp³-hybridized carbons (Fsp3) is 0.200. The molecular weight excluding hydrogens is 230 g/mol. The maximum atomic E-state index is 10.8. The molecule has 2 rings (SSSR count). The normalized spacial score (nSPS) is 10.6. The van der Waals surface area contributed by atoms with Crippen LogP contribution in [0.15, 0.2) is 18.2 Å². The average Bonchev–Trinajstić information content (AvgIpc) is 2.28. The molecule has 1 heterocycles. The van der Waals surface area contributed by atoms with Gasteiger partial charge in [0.25, 0.3) is 5.69 Å². The van der Waals surface area contributed by atoms with E-state index in [9.17, 15) is 10.1 Å². The van der Waals surface area contributed by atoms with E-state index in [0.29, 0.717) is 23.1 Å². The van der Waals surface area contributed by atoms with Crippen LogP contribution in [0.5, 0.6) is 0 Å². The van der Waals surface area contributed by atoms with Crippen molar-refractivity contribution >= 4 is 28.2 Å². The zero-order valence-corrected chi connectivity index (χ0v) is 9.23. The van der Waals surface area contributed by atoms with Crippen LogP contribution >= 0.6 is 11.6 Å². The predicted octanol–water partition coefficient (Wildman–Crippen LogP) is 2.75. The number of nitro benzene ring substituents is 1. The van der Waals surface area contributed by atoms with E-state index in [0.717, 1.165) is 0 Å². The highest BCUT2D eigenvalue weighted by Crippen LogP contribution is 2.27. The molecule has 0 N–H and O–H groups in total. The molecule has 0 fully saturated rings. The van der Waals surface area contributed by atoms with Crippen LogP contribution in [0.3, 0.4) is 0 Å². The first-order chi connectivity index (χ1) is 7.63. The summed E-state index contributed by atoms with van der Waals surface area (Å²) in [5, 5.41) is 11.6. The van der Waals surface area contributed by atoms with Crippen molar-refractivity contribution in [1.29, 1.82) is 0 Å². The van der Waals surface area contributed by atoms with E-state index in [4.69, 9.17) is 11.6 Å². The van der Waals surface area contributed by atoms with Crippen LogP contribution in [-0.2, 0) is 6.42 Å². The third-order valence-electron chi connectivity index (χ3n) is 2.22. The lowest BCUT2D eigenvalue weighted by Gasteiger charge is -2.02. The number of non-ortho nitro benzene ring substituents is 1. The fourth-order valence-electron chi connectivity index (χ4n) is 1.45. The van der Waals surface area contributed by atoms with E-state index in [-0.39, 0.29) is 10.8 Å². The van der Waals surface area contributed by atoms with Crippen LogP contribution in [0, 0.1) is 10.1 Å².